The lowest BCUT2D eigenvalue weighted by Gasteiger charge is -2.22. The molecule has 0 atom stereocenters. The monoisotopic (exact) mass is 476 g/mol. The fourth-order valence-electron chi connectivity index (χ4n) is 2.67. The van der Waals surface area contributed by atoms with E-state index in [0.29, 0.717) is 15.7 Å². The van der Waals surface area contributed by atoms with E-state index >= 15 is 0 Å². The van der Waals surface area contributed by atoms with Gasteiger partial charge in [-0.15, -0.1) is 0 Å². The molecule has 0 saturated carbocycles. The van der Waals surface area contributed by atoms with E-state index in [-0.39, 0.29) is 11.4 Å². The maximum Gasteiger partial charge on any atom is 0.243 e. The maximum absolute atomic E-state index is 13.2. The van der Waals surface area contributed by atoms with E-state index in [1.807, 2.05) is 0 Å². The number of hydrogen-bond acceptors (Lipinski definition) is 3. The highest BCUT2D eigenvalue weighted by atomic mass is 79.9. The van der Waals surface area contributed by atoms with Crippen LogP contribution in [0.4, 0.5) is 10.1 Å². The normalized spacial score (nSPS) is 11.4. The van der Waals surface area contributed by atoms with Crippen molar-refractivity contribution >= 4 is 37.5 Å². The number of para-hydroxylation sites is 1. The average molecular weight is 477 g/mol. The van der Waals surface area contributed by atoms with Crippen molar-refractivity contribution in [1.29, 1.82) is 0 Å². The van der Waals surface area contributed by atoms with Gasteiger partial charge in [-0.2, -0.15) is 4.31 Å². The molecule has 5 nitrogen and oxygen atoms in total. The molecular formula is C21H18BrFN2O3S. The van der Waals surface area contributed by atoms with Crippen LogP contribution < -0.4 is 5.32 Å². The van der Waals surface area contributed by atoms with Gasteiger partial charge >= 0.3 is 0 Å². The van der Waals surface area contributed by atoms with Crippen LogP contribution in [0.15, 0.2) is 88.2 Å². The number of nitrogens with one attached hydrogen (secondary N) is 1. The van der Waals surface area contributed by atoms with Crippen molar-refractivity contribution in [2.45, 2.75) is 11.4 Å². The van der Waals surface area contributed by atoms with Crippen LogP contribution in [0, 0.1) is 5.82 Å². The van der Waals surface area contributed by atoms with Crippen molar-refractivity contribution in [3.63, 3.8) is 0 Å². The van der Waals surface area contributed by atoms with Crippen LogP contribution in [0.1, 0.15) is 5.56 Å². The van der Waals surface area contributed by atoms with Crippen molar-refractivity contribution in [1.82, 2.24) is 4.31 Å². The first-order valence-electron chi connectivity index (χ1n) is 8.70. The van der Waals surface area contributed by atoms with Crippen LogP contribution in [0.2, 0.25) is 0 Å². The number of sulfonamides is 1. The Hall–Kier alpha value is -2.55. The van der Waals surface area contributed by atoms with E-state index in [1.165, 1.54) is 36.4 Å². The van der Waals surface area contributed by atoms with E-state index in [4.69, 9.17) is 0 Å². The second kappa shape index (κ2) is 9.30. The van der Waals surface area contributed by atoms with Crippen LogP contribution in [0.5, 0.6) is 0 Å². The van der Waals surface area contributed by atoms with Gasteiger partial charge in [0.2, 0.25) is 15.9 Å². The Balaban J connectivity index is 1.87. The van der Waals surface area contributed by atoms with Crippen LogP contribution in [0.25, 0.3) is 0 Å². The molecule has 0 fully saturated rings. The summed E-state index contributed by atoms with van der Waals surface area (Å²) in [4.78, 5) is 12.7. The van der Waals surface area contributed by atoms with Crippen molar-refractivity contribution < 1.29 is 17.6 Å². The van der Waals surface area contributed by atoms with Crippen molar-refractivity contribution in [3.05, 3.63) is 94.7 Å². The number of rotatable bonds is 7. The van der Waals surface area contributed by atoms with Gasteiger partial charge in [0.15, 0.2) is 0 Å². The summed E-state index contributed by atoms with van der Waals surface area (Å²) in [6, 6.07) is 20.4. The van der Waals surface area contributed by atoms with Crippen LogP contribution >= 0.6 is 15.9 Å². The zero-order chi connectivity index (χ0) is 20.9. The van der Waals surface area contributed by atoms with Gasteiger partial charge in [-0.1, -0.05) is 42.5 Å². The van der Waals surface area contributed by atoms with Crippen molar-refractivity contribution in [2.75, 3.05) is 11.9 Å². The molecule has 0 heterocycles. The smallest absolute Gasteiger partial charge is 0.243 e. The minimum absolute atomic E-state index is 0.0686. The summed E-state index contributed by atoms with van der Waals surface area (Å²) < 4.78 is 41.2. The molecule has 1 N–H and O–H groups in total. The SMILES string of the molecule is O=C(CN(Cc1ccc(F)cc1)S(=O)(=O)c1ccccc1)Nc1ccccc1Br. The molecule has 1 amide bonds. The molecule has 3 aromatic rings. The van der Waals surface area contributed by atoms with Gasteiger partial charge < -0.3 is 5.32 Å². The molecular weight excluding hydrogens is 459 g/mol. The number of anilines is 1. The second-order valence-electron chi connectivity index (χ2n) is 6.24. The number of hydrogen-bond donors (Lipinski definition) is 1. The topological polar surface area (TPSA) is 66.5 Å². The highest BCUT2D eigenvalue weighted by Crippen LogP contribution is 2.22. The minimum atomic E-state index is -3.94. The van der Waals surface area contributed by atoms with Crippen molar-refractivity contribution in [2.24, 2.45) is 0 Å². The predicted octanol–water partition coefficient (Wildman–Crippen LogP) is 4.42. The van der Waals surface area contributed by atoms with Crippen LogP contribution in [0.3, 0.4) is 0 Å². The number of nitrogens with zero attached hydrogens (tertiary/aromatic N) is 1. The van der Waals surface area contributed by atoms with Crippen molar-refractivity contribution in [3.8, 4) is 0 Å². The molecule has 0 aromatic heterocycles. The summed E-state index contributed by atoms with van der Waals surface area (Å²) in [5.74, 6) is -0.906. The highest BCUT2D eigenvalue weighted by molar-refractivity contribution is 9.10. The molecule has 29 heavy (non-hydrogen) atoms. The Kier molecular flexibility index (Phi) is 6.79. The molecule has 0 bridgehead atoms. The third-order valence-corrected chi connectivity index (χ3v) is 6.62. The fraction of sp³-hybridized carbons (Fsp3) is 0.0952. The van der Waals surface area contributed by atoms with Crippen LogP contribution in [-0.2, 0) is 21.4 Å². The Morgan fingerprint density at radius 1 is 0.931 bits per heavy atom. The first kappa shape index (κ1) is 21.2. The maximum atomic E-state index is 13.2. The number of benzene rings is 3. The number of amides is 1. The predicted molar refractivity (Wildman–Crippen MR) is 113 cm³/mol. The summed E-state index contributed by atoms with van der Waals surface area (Å²) in [7, 11) is -3.94. The standard InChI is InChI=1S/C21H18BrFN2O3S/c22-19-8-4-5-9-20(19)24-21(26)15-25(14-16-10-12-17(23)13-11-16)29(27,28)18-6-2-1-3-7-18/h1-13H,14-15H2,(H,24,26). The Bertz CT molecular complexity index is 1090. The lowest BCUT2D eigenvalue weighted by atomic mass is 10.2. The van der Waals surface area contributed by atoms with Gasteiger partial charge in [0, 0.05) is 11.0 Å². The molecule has 0 aliphatic rings. The third kappa shape index (κ3) is 5.50. The first-order valence-corrected chi connectivity index (χ1v) is 10.9. The van der Waals surface area contributed by atoms with Gasteiger partial charge in [-0.05, 0) is 57.9 Å². The van der Waals surface area contributed by atoms with Gasteiger partial charge in [0.05, 0.1) is 17.1 Å². The molecule has 0 unspecified atom stereocenters. The zero-order valence-corrected chi connectivity index (χ0v) is 17.7. The number of carbonyl (C=O) groups is 1. The largest absolute Gasteiger partial charge is 0.324 e. The molecule has 3 rings (SSSR count). The molecule has 3 aromatic carbocycles. The van der Waals surface area contributed by atoms with Gasteiger partial charge in [-0.3, -0.25) is 4.79 Å². The highest BCUT2D eigenvalue weighted by Gasteiger charge is 2.27. The van der Waals surface area contributed by atoms with E-state index in [9.17, 15) is 17.6 Å². The summed E-state index contributed by atoms with van der Waals surface area (Å²) >= 11 is 3.35. The molecule has 150 valence electrons. The summed E-state index contributed by atoms with van der Waals surface area (Å²) in [5.41, 5.74) is 1.11. The zero-order valence-electron chi connectivity index (χ0n) is 15.3. The lowest BCUT2D eigenvalue weighted by molar-refractivity contribution is -0.116. The van der Waals surface area contributed by atoms with E-state index < -0.39 is 28.3 Å². The van der Waals surface area contributed by atoms with Gasteiger partial charge in [0.1, 0.15) is 5.82 Å². The molecule has 0 spiro atoms. The fourth-order valence-corrected chi connectivity index (χ4v) is 4.46. The molecule has 0 aliphatic heterocycles. The van der Waals surface area contributed by atoms with Gasteiger partial charge in [-0.25, -0.2) is 12.8 Å². The molecule has 8 heteroatoms. The second-order valence-corrected chi connectivity index (χ2v) is 9.03. The van der Waals surface area contributed by atoms with E-state index in [1.54, 1.807) is 42.5 Å². The Morgan fingerprint density at radius 3 is 2.21 bits per heavy atom. The Labute approximate surface area is 177 Å². The Morgan fingerprint density at radius 2 is 1.55 bits per heavy atom. The molecule has 0 saturated heterocycles. The third-order valence-electron chi connectivity index (χ3n) is 4.12. The summed E-state index contributed by atoms with van der Waals surface area (Å²) in [6.07, 6.45) is 0. The number of carbonyl (C=O) groups excluding carboxylic acids is 1. The average Bonchev–Trinajstić information content (AvgIpc) is 2.71. The molecule has 0 radical (unpaired) electrons. The first-order chi connectivity index (χ1) is 13.9. The summed E-state index contributed by atoms with van der Waals surface area (Å²) in [5, 5.41) is 2.71. The molecule has 0 aliphatic carbocycles. The quantitative estimate of drug-likeness (QED) is 0.548. The van der Waals surface area contributed by atoms with Gasteiger partial charge in [0.25, 0.3) is 0 Å². The van der Waals surface area contributed by atoms with Crippen LogP contribution in [-0.4, -0.2) is 25.2 Å². The van der Waals surface area contributed by atoms with E-state index in [0.717, 1.165) is 4.31 Å². The minimum Gasteiger partial charge on any atom is -0.324 e. The van der Waals surface area contributed by atoms with E-state index in [2.05, 4.69) is 21.2 Å². The summed E-state index contributed by atoms with van der Waals surface area (Å²) in [6.45, 7) is -0.461. The number of halogens is 2. The lowest BCUT2D eigenvalue weighted by Crippen LogP contribution is -2.37.